The molecule has 6 heteroatoms. The molecular formula is C19H25F2N3O. The molecule has 0 aliphatic carbocycles. The van der Waals surface area contributed by atoms with Crippen molar-refractivity contribution in [2.75, 3.05) is 13.2 Å². The lowest BCUT2D eigenvalue weighted by molar-refractivity contribution is 0.0896. The number of hydrogen-bond acceptors (Lipinski definition) is 3. The maximum absolute atomic E-state index is 14.1. The molecular weight excluding hydrogens is 324 g/mol. The van der Waals surface area contributed by atoms with Gasteiger partial charge in [-0.3, -0.25) is 4.68 Å². The van der Waals surface area contributed by atoms with Gasteiger partial charge in [-0.1, -0.05) is 13.0 Å². The molecule has 1 aliphatic rings. The predicted octanol–water partition coefficient (Wildman–Crippen LogP) is 4.00. The van der Waals surface area contributed by atoms with Crippen LogP contribution < -0.4 is 5.32 Å². The van der Waals surface area contributed by atoms with Gasteiger partial charge in [-0.05, 0) is 25.8 Å². The number of nitrogens with one attached hydrogen (secondary N) is 1. The van der Waals surface area contributed by atoms with Gasteiger partial charge >= 0.3 is 0 Å². The standard InChI is InChI=1S/C19H25F2N3O/c1-3-18(16-6-5-15(20)9-17(16)21)22-10-13-7-8-25-19(13)14-11-23-24(4-2)12-14/h5-6,9,11-13,18-19,22H,3-4,7-8,10H2,1-2H3. The van der Waals surface area contributed by atoms with Crippen LogP contribution in [0.3, 0.4) is 0 Å². The van der Waals surface area contributed by atoms with Gasteiger partial charge in [0.05, 0.1) is 12.3 Å². The van der Waals surface area contributed by atoms with E-state index in [9.17, 15) is 8.78 Å². The molecule has 1 fully saturated rings. The quantitative estimate of drug-likeness (QED) is 0.821. The Bertz CT molecular complexity index is 704. The number of aryl methyl sites for hydroxylation is 1. The van der Waals surface area contributed by atoms with Gasteiger partial charge < -0.3 is 10.1 Å². The predicted molar refractivity (Wildman–Crippen MR) is 92.1 cm³/mol. The molecule has 0 saturated carbocycles. The van der Waals surface area contributed by atoms with Crippen LogP contribution in [-0.2, 0) is 11.3 Å². The Morgan fingerprint density at radius 1 is 1.36 bits per heavy atom. The van der Waals surface area contributed by atoms with Gasteiger partial charge in [0.15, 0.2) is 0 Å². The largest absolute Gasteiger partial charge is 0.373 e. The van der Waals surface area contributed by atoms with E-state index >= 15 is 0 Å². The molecule has 1 aromatic carbocycles. The van der Waals surface area contributed by atoms with Crippen LogP contribution >= 0.6 is 0 Å². The Morgan fingerprint density at radius 2 is 2.20 bits per heavy atom. The third-order valence-electron chi connectivity index (χ3n) is 4.89. The lowest BCUT2D eigenvalue weighted by Gasteiger charge is -2.23. The molecule has 2 aromatic rings. The normalized spacial score (nSPS) is 21.6. The lowest BCUT2D eigenvalue weighted by Crippen LogP contribution is -2.29. The summed E-state index contributed by atoms with van der Waals surface area (Å²) in [5.74, 6) is -0.733. The van der Waals surface area contributed by atoms with Crippen molar-refractivity contribution in [1.82, 2.24) is 15.1 Å². The Hall–Kier alpha value is -1.79. The number of nitrogens with zero attached hydrogens (tertiary/aromatic N) is 2. The third-order valence-corrected chi connectivity index (χ3v) is 4.89. The van der Waals surface area contributed by atoms with Crippen molar-refractivity contribution in [3.05, 3.63) is 53.4 Å². The van der Waals surface area contributed by atoms with Crippen molar-refractivity contribution < 1.29 is 13.5 Å². The highest BCUT2D eigenvalue weighted by molar-refractivity contribution is 5.22. The van der Waals surface area contributed by atoms with Gasteiger partial charge in [-0.2, -0.15) is 5.10 Å². The minimum absolute atomic E-state index is 0.0170. The van der Waals surface area contributed by atoms with Crippen LogP contribution in [-0.4, -0.2) is 22.9 Å². The minimum Gasteiger partial charge on any atom is -0.373 e. The smallest absolute Gasteiger partial charge is 0.130 e. The lowest BCUT2D eigenvalue weighted by atomic mass is 9.96. The van der Waals surface area contributed by atoms with Gasteiger partial charge in [0.25, 0.3) is 0 Å². The highest BCUT2D eigenvalue weighted by Gasteiger charge is 2.31. The third kappa shape index (κ3) is 4.07. The molecule has 0 bridgehead atoms. The first-order valence-corrected chi connectivity index (χ1v) is 8.94. The SMILES string of the molecule is CCC(NCC1CCOC1c1cnn(CC)c1)c1ccc(F)cc1F. The number of halogens is 2. The maximum atomic E-state index is 14.1. The minimum atomic E-state index is -0.548. The van der Waals surface area contributed by atoms with Crippen LogP contribution in [0.1, 0.15) is 50.0 Å². The van der Waals surface area contributed by atoms with Crippen LogP contribution in [0.15, 0.2) is 30.6 Å². The Balaban J connectivity index is 1.66. The van der Waals surface area contributed by atoms with Crippen LogP contribution in [0.2, 0.25) is 0 Å². The van der Waals surface area contributed by atoms with Crippen LogP contribution in [0.4, 0.5) is 8.78 Å². The second-order valence-electron chi connectivity index (χ2n) is 6.50. The molecule has 1 saturated heterocycles. The van der Waals surface area contributed by atoms with Crippen molar-refractivity contribution >= 4 is 0 Å². The number of benzene rings is 1. The van der Waals surface area contributed by atoms with E-state index in [0.717, 1.165) is 44.2 Å². The summed E-state index contributed by atoms with van der Waals surface area (Å²) in [4.78, 5) is 0. The van der Waals surface area contributed by atoms with E-state index in [0.29, 0.717) is 11.5 Å². The summed E-state index contributed by atoms with van der Waals surface area (Å²) in [5, 5.41) is 7.76. The molecule has 0 amide bonds. The molecule has 4 nitrogen and oxygen atoms in total. The second kappa shape index (κ2) is 8.06. The highest BCUT2D eigenvalue weighted by Crippen LogP contribution is 2.34. The molecule has 1 aliphatic heterocycles. The van der Waals surface area contributed by atoms with E-state index in [2.05, 4.69) is 17.3 Å². The number of rotatable bonds is 7. The molecule has 1 aromatic heterocycles. The zero-order chi connectivity index (χ0) is 17.8. The molecule has 2 heterocycles. The average molecular weight is 349 g/mol. The molecule has 136 valence electrons. The zero-order valence-corrected chi connectivity index (χ0v) is 14.7. The van der Waals surface area contributed by atoms with Gasteiger partial charge in [0.2, 0.25) is 0 Å². The van der Waals surface area contributed by atoms with Gasteiger partial charge in [0.1, 0.15) is 11.6 Å². The Morgan fingerprint density at radius 3 is 2.88 bits per heavy atom. The fourth-order valence-corrected chi connectivity index (χ4v) is 3.46. The second-order valence-corrected chi connectivity index (χ2v) is 6.50. The van der Waals surface area contributed by atoms with Crippen molar-refractivity contribution in [2.45, 2.75) is 45.4 Å². The molecule has 1 N–H and O–H groups in total. The van der Waals surface area contributed by atoms with Crippen LogP contribution in [0, 0.1) is 17.6 Å². The van der Waals surface area contributed by atoms with Crippen molar-refractivity contribution in [2.24, 2.45) is 5.92 Å². The topological polar surface area (TPSA) is 39.1 Å². The van der Waals surface area contributed by atoms with E-state index in [1.165, 1.54) is 12.1 Å². The van der Waals surface area contributed by atoms with E-state index in [4.69, 9.17) is 4.74 Å². The molecule has 3 rings (SSSR count). The summed E-state index contributed by atoms with van der Waals surface area (Å²) in [6.45, 7) is 6.31. The summed E-state index contributed by atoms with van der Waals surface area (Å²) in [5.41, 5.74) is 1.60. The first-order chi connectivity index (χ1) is 12.1. The number of hydrogen-bond donors (Lipinski definition) is 1. The summed E-state index contributed by atoms with van der Waals surface area (Å²) < 4.78 is 35.0. The molecule has 3 atom stereocenters. The van der Waals surface area contributed by atoms with E-state index < -0.39 is 11.6 Å². The van der Waals surface area contributed by atoms with Crippen molar-refractivity contribution in [3.8, 4) is 0 Å². The monoisotopic (exact) mass is 349 g/mol. The van der Waals surface area contributed by atoms with Crippen LogP contribution in [0.5, 0.6) is 0 Å². The van der Waals surface area contributed by atoms with Crippen molar-refractivity contribution in [3.63, 3.8) is 0 Å². The van der Waals surface area contributed by atoms with E-state index in [1.807, 2.05) is 24.0 Å². The number of ether oxygens (including phenoxy) is 1. The van der Waals surface area contributed by atoms with Gasteiger partial charge in [-0.25, -0.2) is 8.78 Å². The fraction of sp³-hybridized carbons (Fsp3) is 0.526. The van der Waals surface area contributed by atoms with E-state index in [1.54, 1.807) is 0 Å². The fourth-order valence-electron chi connectivity index (χ4n) is 3.46. The molecule has 3 unspecified atom stereocenters. The number of aromatic nitrogens is 2. The first kappa shape index (κ1) is 18.0. The zero-order valence-electron chi connectivity index (χ0n) is 14.7. The maximum Gasteiger partial charge on any atom is 0.130 e. The first-order valence-electron chi connectivity index (χ1n) is 8.94. The van der Waals surface area contributed by atoms with Gasteiger partial charge in [-0.15, -0.1) is 0 Å². The summed E-state index contributed by atoms with van der Waals surface area (Å²) >= 11 is 0. The highest BCUT2D eigenvalue weighted by atomic mass is 19.1. The van der Waals surface area contributed by atoms with E-state index in [-0.39, 0.29) is 12.1 Å². The summed E-state index contributed by atoms with van der Waals surface area (Å²) in [6.07, 6.45) is 5.60. The van der Waals surface area contributed by atoms with Gasteiger partial charge in [0, 0.05) is 55.0 Å². The molecule has 25 heavy (non-hydrogen) atoms. The Kier molecular flexibility index (Phi) is 5.81. The summed E-state index contributed by atoms with van der Waals surface area (Å²) in [6, 6.07) is 3.64. The van der Waals surface area contributed by atoms with Crippen molar-refractivity contribution in [1.29, 1.82) is 0 Å². The average Bonchev–Trinajstić information content (AvgIpc) is 3.25. The summed E-state index contributed by atoms with van der Waals surface area (Å²) in [7, 11) is 0. The van der Waals surface area contributed by atoms with Crippen LogP contribution in [0.25, 0.3) is 0 Å². The Labute approximate surface area is 147 Å². The molecule has 0 radical (unpaired) electrons. The molecule has 0 spiro atoms.